The fourth-order valence-corrected chi connectivity index (χ4v) is 2.02. The van der Waals surface area contributed by atoms with E-state index in [-0.39, 0.29) is 5.56 Å². The second-order valence-electron chi connectivity index (χ2n) is 5.03. The first-order chi connectivity index (χ1) is 9.07. The van der Waals surface area contributed by atoms with E-state index in [9.17, 15) is 18.0 Å². The molecule has 0 aliphatic carbocycles. The summed E-state index contributed by atoms with van der Waals surface area (Å²) in [6.45, 7) is 3.22. The van der Waals surface area contributed by atoms with Gasteiger partial charge >= 0.3 is 6.18 Å². The van der Waals surface area contributed by atoms with Gasteiger partial charge in [0.15, 0.2) is 5.66 Å². The Labute approximate surface area is 113 Å². The Morgan fingerprint density at radius 1 is 1.35 bits per heavy atom. The number of carbonyl (C=O) groups excluding carboxylic acids is 1. The molecule has 0 spiro atoms. The van der Waals surface area contributed by atoms with Crippen LogP contribution in [-0.2, 0) is 21.5 Å². The van der Waals surface area contributed by atoms with Crippen LogP contribution in [0, 0.1) is 0 Å². The SMILES string of the molecule is CC1(C)NC(C(N)=O)(c2cccc(C(F)(F)F)c2)NO1. The normalized spacial score (nSPS) is 25.6. The Kier molecular flexibility index (Phi) is 3.28. The lowest BCUT2D eigenvalue weighted by molar-refractivity contribution is -0.138. The molecule has 110 valence electrons. The number of hydroxylamine groups is 1. The summed E-state index contributed by atoms with van der Waals surface area (Å²) in [5, 5.41) is 2.76. The lowest BCUT2D eigenvalue weighted by atomic mass is 9.96. The highest BCUT2D eigenvalue weighted by molar-refractivity contribution is 5.86. The highest BCUT2D eigenvalue weighted by atomic mass is 19.4. The molecule has 1 atom stereocenters. The summed E-state index contributed by atoms with van der Waals surface area (Å²) < 4.78 is 38.2. The van der Waals surface area contributed by atoms with Crippen LogP contribution in [0.4, 0.5) is 13.2 Å². The van der Waals surface area contributed by atoms with Crippen LogP contribution < -0.4 is 16.5 Å². The zero-order chi connectivity index (χ0) is 15.2. The van der Waals surface area contributed by atoms with Crippen LogP contribution in [0.1, 0.15) is 25.0 Å². The molecule has 1 aromatic rings. The first-order valence-corrected chi connectivity index (χ1v) is 5.79. The molecule has 1 aliphatic heterocycles. The Hall–Kier alpha value is -1.64. The summed E-state index contributed by atoms with van der Waals surface area (Å²) >= 11 is 0. The number of nitrogens with one attached hydrogen (secondary N) is 2. The topological polar surface area (TPSA) is 76.4 Å². The predicted molar refractivity (Wildman–Crippen MR) is 63.8 cm³/mol. The summed E-state index contributed by atoms with van der Waals surface area (Å²) in [5.74, 6) is -0.887. The van der Waals surface area contributed by atoms with Crippen molar-refractivity contribution in [1.82, 2.24) is 10.8 Å². The van der Waals surface area contributed by atoms with Crippen molar-refractivity contribution in [3.05, 3.63) is 35.4 Å². The highest BCUT2D eigenvalue weighted by Crippen LogP contribution is 2.33. The average Bonchev–Trinajstić information content (AvgIpc) is 2.66. The fraction of sp³-hybridized carbons (Fsp3) is 0.417. The van der Waals surface area contributed by atoms with Crippen LogP contribution in [0.25, 0.3) is 0 Å². The number of hydrogen-bond acceptors (Lipinski definition) is 4. The van der Waals surface area contributed by atoms with E-state index in [1.807, 2.05) is 0 Å². The lowest BCUT2D eigenvalue weighted by Gasteiger charge is -2.27. The first kappa shape index (κ1) is 14.8. The molecule has 4 N–H and O–H groups in total. The first-order valence-electron chi connectivity index (χ1n) is 5.79. The molecule has 0 bridgehead atoms. The van der Waals surface area contributed by atoms with Crippen molar-refractivity contribution >= 4 is 5.91 Å². The van der Waals surface area contributed by atoms with Gasteiger partial charge in [-0.2, -0.15) is 18.7 Å². The van der Waals surface area contributed by atoms with E-state index >= 15 is 0 Å². The minimum absolute atomic E-state index is 0.0328. The molecule has 1 fully saturated rings. The van der Waals surface area contributed by atoms with Gasteiger partial charge in [-0.15, -0.1) is 0 Å². The van der Waals surface area contributed by atoms with Crippen LogP contribution in [-0.4, -0.2) is 11.6 Å². The standard InChI is InChI=1S/C12H14F3N3O2/c1-10(2)17-11(9(16)19,18-20-10)7-4-3-5-8(6-7)12(13,14)15/h3-6,17-18H,1-2H3,(H2,16,19). The molecule has 0 saturated carbocycles. The van der Waals surface area contributed by atoms with E-state index in [0.717, 1.165) is 12.1 Å². The van der Waals surface area contributed by atoms with E-state index in [1.165, 1.54) is 12.1 Å². The van der Waals surface area contributed by atoms with Crippen molar-refractivity contribution in [3.63, 3.8) is 0 Å². The molecule has 1 amide bonds. The fourth-order valence-electron chi connectivity index (χ4n) is 2.02. The number of halogens is 3. The number of nitrogens with two attached hydrogens (primary N) is 1. The maximum atomic E-state index is 12.7. The maximum absolute atomic E-state index is 12.7. The number of benzene rings is 1. The summed E-state index contributed by atoms with van der Waals surface area (Å²) in [4.78, 5) is 16.9. The molecule has 20 heavy (non-hydrogen) atoms. The van der Waals surface area contributed by atoms with E-state index in [1.54, 1.807) is 13.8 Å². The number of carbonyl (C=O) groups is 1. The molecule has 1 heterocycles. The molecule has 5 nitrogen and oxygen atoms in total. The van der Waals surface area contributed by atoms with E-state index in [2.05, 4.69) is 10.8 Å². The molecule has 1 unspecified atom stereocenters. The van der Waals surface area contributed by atoms with Gasteiger partial charge in [0, 0.05) is 0 Å². The zero-order valence-corrected chi connectivity index (χ0v) is 10.8. The second-order valence-corrected chi connectivity index (χ2v) is 5.03. The van der Waals surface area contributed by atoms with E-state index < -0.39 is 29.0 Å². The van der Waals surface area contributed by atoms with Gasteiger partial charge in [-0.3, -0.25) is 14.9 Å². The molecule has 1 aromatic carbocycles. The second kappa shape index (κ2) is 4.44. The molecule has 2 rings (SSSR count). The van der Waals surface area contributed by atoms with Crippen molar-refractivity contribution in [2.75, 3.05) is 0 Å². The zero-order valence-electron chi connectivity index (χ0n) is 10.8. The van der Waals surface area contributed by atoms with E-state index in [4.69, 9.17) is 10.6 Å². The summed E-state index contributed by atoms with van der Waals surface area (Å²) in [6.07, 6.45) is -4.51. The third kappa shape index (κ3) is 2.49. The third-order valence-corrected chi connectivity index (χ3v) is 2.94. The molecule has 1 aliphatic rings. The Balaban J connectivity index is 2.50. The highest BCUT2D eigenvalue weighted by Gasteiger charge is 2.50. The van der Waals surface area contributed by atoms with Crippen LogP contribution in [0.3, 0.4) is 0 Å². The lowest BCUT2D eigenvalue weighted by Crippen LogP contribution is -2.58. The predicted octanol–water partition coefficient (Wildman–Crippen LogP) is 1.20. The van der Waals surface area contributed by atoms with Crippen molar-refractivity contribution in [1.29, 1.82) is 0 Å². The quantitative estimate of drug-likeness (QED) is 0.765. The van der Waals surface area contributed by atoms with Gasteiger partial charge in [0.05, 0.1) is 5.56 Å². The van der Waals surface area contributed by atoms with Crippen LogP contribution >= 0.6 is 0 Å². The summed E-state index contributed by atoms with van der Waals surface area (Å²) in [7, 11) is 0. The largest absolute Gasteiger partial charge is 0.416 e. The van der Waals surface area contributed by atoms with Gasteiger partial charge in [-0.1, -0.05) is 12.1 Å². The number of primary amides is 1. The molecule has 8 heteroatoms. The van der Waals surface area contributed by atoms with Crippen molar-refractivity contribution in [3.8, 4) is 0 Å². The Morgan fingerprint density at radius 2 is 2.00 bits per heavy atom. The summed E-state index contributed by atoms with van der Waals surface area (Å²) in [5.41, 5.74) is 4.22. The molecule has 0 radical (unpaired) electrons. The summed E-state index contributed by atoms with van der Waals surface area (Å²) in [6, 6.07) is 4.34. The third-order valence-electron chi connectivity index (χ3n) is 2.94. The van der Waals surface area contributed by atoms with Crippen molar-refractivity contribution in [2.45, 2.75) is 31.4 Å². The van der Waals surface area contributed by atoms with Gasteiger partial charge in [-0.25, -0.2) is 0 Å². The van der Waals surface area contributed by atoms with Crippen LogP contribution in [0.15, 0.2) is 24.3 Å². The minimum Gasteiger partial charge on any atom is -0.366 e. The van der Waals surface area contributed by atoms with Crippen LogP contribution in [0.5, 0.6) is 0 Å². The van der Waals surface area contributed by atoms with Gasteiger partial charge in [0.2, 0.25) is 0 Å². The Morgan fingerprint density at radius 3 is 2.45 bits per heavy atom. The van der Waals surface area contributed by atoms with Crippen LogP contribution in [0.2, 0.25) is 0 Å². The number of alkyl halides is 3. The minimum atomic E-state index is -4.51. The van der Waals surface area contributed by atoms with Gasteiger partial charge in [-0.05, 0) is 31.5 Å². The smallest absolute Gasteiger partial charge is 0.366 e. The van der Waals surface area contributed by atoms with Gasteiger partial charge in [0.1, 0.15) is 5.72 Å². The monoisotopic (exact) mass is 289 g/mol. The number of hydrogen-bond donors (Lipinski definition) is 3. The molecular weight excluding hydrogens is 275 g/mol. The molecule has 1 saturated heterocycles. The van der Waals surface area contributed by atoms with Crippen molar-refractivity contribution in [2.24, 2.45) is 5.73 Å². The van der Waals surface area contributed by atoms with Gasteiger partial charge < -0.3 is 5.73 Å². The Bertz CT molecular complexity index is 545. The van der Waals surface area contributed by atoms with Crippen molar-refractivity contribution < 1.29 is 22.8 Å². The average molecular weight is 289 g/mol. The number of amides is 1. The maximum Gasteiger partial charge on any atom is 0.416 e. The molecular formula is C12H14F3N3O2. The number of rotatable bonds is 2. The van der Waals surface area contributed by atoms with E-state index in [0.29, 0.717) is 0 Å². The van der Waals surface area contributed by atoms with Gasteiger partial charge in [0.25, 0.3) is 5.91 Å². The molecule has 0 aromatic heterocycles.